The second-order valence-corrected chi connectivity index (χ2v) is 9.73. The highest BCUT2D eigenvalue weighted by atomic mass is 19.4. The molecular weight excluding hydrogens is 484 g/mol. The molecule has 0 unspecified atom stereocenters. The predicted molar refractivity (Wildman–Crippen MR) is 132 cm³/mol. The van der Waals surface area contributed by atoms with Gasteiger partial charge in [0, 0.05) is 34.6 Å². The van der Waals surface area contributed by atoms with Gasteiger partial charge in [-0.05, 0) is 93.3 Å². The van der Waals surface area contributed by atoms with Crippen LogP contribution < -0.4 is 5.56 Å². The highest BCUT2D eigenvalue weighted by Gasteiger charge is 2.34. The average Bonchev–Trinajstić information content (AvgIpc) is 2.86. The molecule has 4 aromatic heterocycles. The molecule has 4 heterocycles. The predicted octanol–water partition coefficient (Wildman–Crippen LogP) is 6.45. The summed E-state index contributed by atoms with van der Waals surface area (Å²) in [6, 6.07) is 9.46. The molecule has 0 N–H and O–H groups in total. The molecule has 5 nitrogen and oxygen atoms in total. The summed E-state index contributed by atoms with van der Waals surface area (Å²) >= 11 is 0. The van der Waals surface area contributed by atoms with Gasteiger partial charge in [-0.2, -0.15) is 17.6 Å². The lowest BCUT2D eigenvalue weighted by Gasteiger charge is -2.30. The zero-order valence-electron chi connectivity index (χ0n) is 20.5. The van der Waals surface area contributed by atoms with Gasteiger partial charge in [0.05, 0.1) is 17.8 Å². The first-order valence-corrected chi connectivity index (χ1v) is 12.3. The normalized spacial score (nSPS) is 18.3. The van der Waals surface area contributed by atoms with Crippen LogP contribution in [-0.4, -0.2) is 19.5 Å². The van der Waals surface area contributed by atoms with Crippen molar-refractivity contribution < 1.29 is 17.6 Å². The molecule has 37 heavy (non-hydrogen) atoms. The highest BCUT2D eigenvalue weighted by Crippen LogP contribution is 2.41. The summed E-state index contributed by atoms with van der Waals surface area (Å²) < 4.78 is 56.7. The lowest BCUT2D eigenvalue weighted by Crippen LogP contribution is -2.29. The molecule has 0 atom stereocenters. The summed E-state index contributed by atoms with van der Waals surface area (Å²) in [7, 11) is 0. The Morgan fingerprint density at radius 2 is 1.70 bits per heavy atom. The first kappa shape index (κ1) is 25.0. The van der Waals surface area contributed by atoms with E-state index in [1.165, 1.54) is 23.0 Å². The molecular formula is C28H26F4N4O. The van der Waals surface area contributed by atoms with Crippen LogP contribution in [0.15, 0.2) is 53.6 Å². The van der Waals surface area contributed by atoms with Gasteiger partial charge >= 0.3 is 6.18 Å². The first-order chi connectivity index (χ1) is 17.6. The van der Waals surface area contributed by atoms with Crippen LogP contribution in [0.25, 0.3) is 11.0 Å². The molecule has 0 saturated heterocycles. The van der Waals surface area contributed by atoms with Gasteiger partial charge in [-0.3, -0.25) is 14.3 Å². The third kappa shape index (κ3) is 4.86. The zero-order valence-corrected chi connectivity index (χ0v) is 20.5. The molecule has 1 aliphatic carbocycles. The summed E-state index contributed by atoms with van der Waals surface area (Å²) in [6.45, 7) is 3.30. The lowest BCUT2D eigenvalue weighted by molar-refractivity contribution is -0.138. The fraction of sp³-hybridized carbons (Fsp3) is 0.357. The fourth-order valence-electron chi connectivity index (χ4n) is 5.49. The van der Waals surface area contributed by atoms with Crippen molar-refractivity contribution >= 4 is 11.0 Å². The Labute approximate surface area is 211 Å². The van der Waals surface area contributed by atoms with Crippen molar-refractivity contribution in [3.05, 3.63) is 98.7 Å². The van der Waals surface area contributed by atoms with Gasteiger partial charge in [0.25, 0.3) is 5.56 Å². The maximum Gasteiger partial charge on any atom is 0.418 e. The summed E-state index contributed by atoms with van der Waals surface area (Å²) in [5.41, 5.74) is 1.55. The number of nitrogens with zero attached hydrogens (tertiary/aromatic N) is 4. The van der Waals surface area contributed by atoms with Gasteiger partial charge in [-0.15, -0.1) is 0 Å². The standard InChI is InChI=1S/C28H26F4N4O/c1-16-11-13-34-25(29)24(16)19-9-7-18(8-10-19)21-14-20-6-5-17(2)35-26(20)36(27(21)37)15-23-22(28(30,31)32)4-3-12-33-23/h3-6,11-14,18-19H,7-10,15H2,1-2H3/t18-,19-. The largest absolute Gasteiger partial charge is 0.418 e. The van der Waals surface area contributed by atoms with Gasteiger partial charge in [0.15, 0.2) is 0 Å². The van der Waals surface area contributed by atoms with Gasteiger partial charge in [0.2, 0.25) is 5.95 Å². The van der Waals surface area contributed by atoms with Crippen LogP contribution in [0.1, 0.15) is 71.2 Å². The zero-order chi connectivity index (χ0) is 26.3. The van der Waals surface area contributed by atoms with Crippen LogP contribution in [-0.2, 0) is 12.7 Å². The van der Waals surface area contributed by atoms with Crippen LogP contribution in [0.4, 0.5) is 17.6 Å². The minimum atomic E-state index is -4.60. The van der Waals surface area contributed by atoms with Crippen molar-refractivity contribution in [2.24, 2.45) is 0 Å². The van der Waals surface area contributed by atoms with Crippen molar-refractivity contribution in [2.45, 2.75) is 64.1 Å². The van der Waals surface area contributed by atoms with E-state index in [-0.39, 0.29) is 29.6 Å². The average molecular weight is 511 g/mol. The first-order valence-electron chi connectivity index (χ1n) is 12.3. The van der Waals surface area contributed by atoms with E-state index < -0.39 is 17.7 Å². The maximum atomic E-state index is 14.4. The quantitative estimate of drug-likeness (QED) is 0.234. The van der Waals surface area contributed by atoms with Gasteiger partial charge in [-0.1, -0.05) is 0 Å². The van der Waals surface area contributed by atoms with Crippen LogP contribution in [0.3, 0.4) is 0 Å². The number of hydrogen-bond donors (Lipinski definition) is 0. The Bertz CT molecular complexity index is 1500. The van der Waals surface area contributed by atoms with E-state index in [0.29, 0.717) is 53.5 Å². The Morgan fingerprint density at radius 3 is 2.41 bits per heavy atom. The summed E-state index contributed by atoms with van der Waals surface area (Å²) in [4.78, 5) is 26.0. The molecule has 4 aromatic rings. The minimum absolute atomic E-state index is 0.0137. The van der Waals surface area contributed by atoms with Crippen molar-refractivity contribution in [1.82, 2.24) is 19.5 Å². The van der Waals surface area contributed by atoms with Crippen molar-refractivity contribution in [2.75, 3.05) is 0 Å². The molecule has 0 amide bonds. The number of hydrogen-bond acceptors (Lipinski definition) is 4. The summed E-state index contributed by atoms with van der Waals surface area (Å²) in [6.07, 6.45) is 0.861. The van der Waals surface area contributed by atoms with Crippen LogP contribution in [0.2, 0.25) is 0 Å². The number of rotatable bonds is 4. The molecule has 0 bridgehead atoms. The third-order valence-corrected chi connectivity index (χ3v) is 7.34. The van der Waals surface area contributed by atoms with Crippen LogP contribution >= 0.6 is 0 Å². The lowest BCUT2D eigenvalue weighted by atomic mass is 9.75. The minimum Gasteiger partial charge on any atom is -0.286 e. The molecule has 0 radical (unpaired) electrons. The van der Waals surface area contributed by atoms with Gasteiger partial charge in [-0.25, -0.2) is 9.97 Å². The maximum absolute atomic E-state index is 14.4. The molecule has 0 aliphatic heterocycles. The SMILES string of the molecule is Cc1ccc2cc([C@H]3CC[C@H](c4c(C)ccnc4F)CC3)c(=O)n(Cc3ncccc3C(F)(F)F)c2n1. The van der Waals surface area contributed by atoms with E-state index in [0.717, 1.165) is 11.6 Å². The van der Waals surface area contributed by atoms with Crippen molar-refractivity contribution in [3.63, 3.8) is 0 Å². The Hall–Kier alpha value is -3.62. The molecule has 1 aliphatic rings. The number of pyridine rings is 4. The number of alkyl halides is 3. The smallest absolute Gasteiger partial charge is 0.286 e. The van der Waals surface area contributed by atoms with E-state index >= 15 is 0 Å². The molecule has 9 heteroatoms. The Morgan fingerprint density at radius 1 is 0.973 bits per heavy atom. The van der Waals surface area contributed by atoms with E-state index in [4.69, 9.17) is 0 Å². The second kappa shape index (κ2) is 9.68. The molecule has 1 fully saturated rings. The van der Waals surface area contributed by atoms with Crippen molar-refractivity contribution in [1.29, 1.82) is 0 Å². The van der Waals surface area contributed by atoms with Crippen LogP contribution in [0.5, 0.6) is 0 Å². The van der Waals surface area contributed by atoms with Gasteiger partial charge in [0.1, 0.15) is 5.65 Å². The molecule has 192 valence electrons. The number of aryl methyl sites for hydroxylation is 2. The Kier molecular flexibility index (Phi) is 6.56. The third-order valence-electron chi connectivity index (χ3n) is 7.34. The second-order valence-electron chi connectivity index (χ2n) is 9.73. The number of halogens is 4. The van der Waals surface area contributed by atoms with E-state index in [1.54, 1.807) is 13.0 Å². The summed E-state index contributed by atoms with van der Waals surface area (Å²) in [5.74, 6) is -0.528. The Balaban J connectivity index is 1.53. The topological polar surface area (TPSA) is 60.7 Å². The van der Waals surface area contributed by atoms with Crippen molar-refractivity contribution in [3.8, 4) is 0 Å². The number of fused-ring (bicyclic) bond motifs is 1. The number of aromatic nitrogens is 4. The fourth-order valence-corrected chi connectivity index (χ4v) is 5.49. The van der Waals surface area contributed by atoms with E-state index in [1.807, 2.05) is 25.1 Å². The monoisotopic (exact) mass is 510 g/mol. The molecule has 0 aromatic carbocycles. The molecule has 5 rings (SSSR count). The molecule has 0 spiro atoms. The van der Waals surface area contributed by atoms with E-state index in [9.17, 15) is 22.4 Å². The summed E-state index contributed by atoms with van der Waals surface area (Å²) in [5, 5.41) is 0.681. The highest BCUT2D eigenvalue weighted by molar-refractivity contribution is 5.76. The van der Waals surface area contributed by atoms with Crippen LogP contribution in [0, 0.1) is 19.8 Å². The van der Waals surface area contributed by atoms with Gasteiger partial charge < -0.3 is 0 Å². The molecule has 1 saturated carbocycles. The van der Waals surface area contributed by atoms with E-state index in [2.05, 4.69) is 15.0 Å².